The van der Waals surface area contributed by atoms with E-state index in [-0.39, 0.29) is 30.6 Å². The first-order valence-corrected chi connectivity index (χ1v) is 14.7. The predicted molar refractivity (Wildman–Crippen MR) is 163 cm³/mol. The molecule has 41 heavy (non-hydrogen) atoms. The molecule has 0 aromatic heterocycles. The highest BCUT2D eigenvalue weighted by Gasteiger charge is 2.42. The van der Waals surface area contributed by atoms with E-state index in [9.17, 15) is 14.4 Å². The van der Waals surface area contributed by atoms with E-state index in [1.54, 1.807) is 0 Å². The zero-order chi connectivity index (χ0) is 28.8. The Hall–Kier alpha value is -4.24. The van der Waals surface area contributed by atoms with Gasteiger partial charge >= 0.3 is 0 Å². The van der Waals surface area contributed by atoms with Crippen LogP contribution in [0, 0.1) is 6.92 Å². The minimum atomic E-state index is -0.695. The van der Waals surface area contributed by atoms with Crippen LogP contribution in [-0.4, -0.2) is 44.9 Å². The van der Waals surface area contributed by atoms with E-state index in [1.165, 1.54) is 16.7 Å². The topological polar surface area (TPSA) is 103 Å². The van der Waals surface area contributed by atoms with Gasteiger partial charge in [-0.1, -0.05) is 91.0 Å². The third-order valence-electron chi connectivity index (χ3n) is 7.02. The Labute approximate surface area is 244 Å². The summed E-state index contributed by atoms with van der Waals surface area (Å²) < 4.78 is 0. The van der Waals surface area contributed by atoms with E-state index in [1.807, 2.05) is 92.7 Å². The minimum absolute atomic E-state index is 0.114. The average Bonchev–Trinajstić information content (AvgIpc) is 3.34. The van der Waals surface area contributed by atoms with Crippen LogP contribution in [-0.2, 0) is 27.5 Å². The van der Waals surface area contributed by atoms with E-state index in [4.69, 9.17) is 9.98 Å². The molecule has 8 nitrogen and oxygen atoms in total. The van der Waals surface area contributed by atoms with Crippen molar-refractivity contribution in [1.82, 2.24) is 15.5 Å². The summed E-state index contributed by atoms with van der Waals surface area (Å²) in [5.74, 6) is 0.0438. The van der Waals surface area contributed by atoms with E-state index < -0.39 is 11.3 Å². The molecule has 0 fully saturated rings. The number of aliphatic imine (C=N–C) groups is 2. The Bertz CT molecular complexity index is 1490. The van der Waals surface area contributed by atoms with Crippen LogP contribution in [0.25, 0.3) is 0 Å². The summed E-state index contributed by atoms with van der Waals surface area (Å²) in [5, 5.41) is 5.92. The lowest BCUT2D eigenvalue weighted by atomic mass is 10.1. The van der Waals surface area contributed by atoms with E-state index in [0.29, 0.717) is 36.2 Å². The van der Waals surface area contributed by atoms with Crippen LogP contribution >= 0.6 is 11.8 Å². The fourth-order valence-corrected chi connectivity index (χ4v) is 5.72. The molecule has 9 heteroatoms. The Morgan fingerprint density at radius 2 is 1.61 bits per heavy atom. The molecule has 0 bridgehead atoms. The maximum Gasteiger partial charge on any atom is 0.259 e. The van der Waals surface area contributed by atoms with Gasteiger partial charge in [-0.3, -0.25) is 19.4 Å². The molecule has 3 amide bonds. The van der Waals surface area contributed by atoms with Gasteiger partial charge in [0.25, 0.3) is 5.91 Å². The molecule has 5 rings (SSSR count). The zero-order valence-corrected chi connectivity index (χ0v) is 24.0. The normalized spacial score (nSPS) is 16.3. The number of carbonyl (C=O) groups is 3. The Balaban J connectivity index is 1.26. The maximum atomic E-state index is 13.6. The highest BCUT2D eigenvalue weighted by Crippen LogP contribution is 2.35. The summed E-state index contributed by atoms with van der Waals surface area (Å²) in [6.07, 6.45) is 1.02. The van der Waals surface area contributed by atoms with Gasteiger partial charge in [0.1, 0.15) is 11.9 Å². The molecule has 2 aliphatic heterocycles. The number of rotatable bonds is 10. The van der Waals surface area contributed by atoms with Crippen molar-refractivity contribution in [2.24, 2.45) is 9.98 Å². The number of thioether (sulfide) groups is 1. The molecule has 0 aliphatic carbocycles. The number of nitrogens with one attached hydrogen (secondary N) is 2. The number of aryl methyl sites for hydroxylation is 1. The second-order valence-electron chi connectivity index (χ2n) is 10.1. The van der Waals surface area contributed by atoms with Crippen molar-refractivity contribution in [3.05, 3.63) is 101 Å². The molecular weight excluding hydrogens is 534 g/mol. The van der Waals surface area contributed by atoms with Crippen molar-refractivity contribution in [2.45, 2.75) is 57.5 Å². The zero-order valence-electron chi connectivity index (χ0n) is 23.2. The van der Waals surface area contributed by atoms with Crippen molar-refractivity contribution >= 4 is 46.2 Å². The van der Waals surface area contributed by atoms with Gasteiger partial charge in [0.05, 0.1) is 10.9 Å². The van der Waals surface area contributed by atoms with Crippen molar-refractivity contribution in [1.29, 1.82) is 0 Å². The molecule has 2 aliphatic rings. The number of hydrogen-bond acceptors (Lipinski definition) is 6. The number of benzene rings is 3. The summed E-state index contributed by atoms with van der Waals surface area (Å²) in [6, 6.07) is 24.6. The molecule has 0 spiro atoms. The van der Waals surface area contributed by atoms with Gasteiger partial charge in [-0.2, -0.15) is 0 Å². The van der Waals surface area contributed by atoms with Crippen LogP contribution in [0.2, 0.25) is 0 Å². The summed E-state index contributed by atoms with van der Waals surface area (Å²) in [6.45, 7) is 4.83. The lowest BCUT2D eigenvalue weighted by molar-refractivity contribution is -0.125. The number of amidine groups is 2. The minimum Gasteiger partial charge on any atom is -0.352 e. The first-order chi connectivity index (χ1) is 19.9. The number of fused-ring (bicyclic) bond motifs is 3. The lowest BCUT2D eigenvalue weighted by Gasteiger charge is -2.27. The number of nitrogens with zero attached hydrogens (tertiary/aromatic N) is 3. The van der Waals surface area contributed by atoms with Crippen molar-refractivity contribution < 1.29 is 14.4 Å². The predicted octanol–water partition coefficient (Wildman–Crippen LogP) is 4.88. The lowest BCUT2D eigenvalue weighted by Crippen LogP contribution is -2.43. The third kappa shape index (κ3) is 6.74. The SMILES string of the molecule is CC[C@@H](SC1=Nc2ccccc2C2=N[C@H](CCC(=O)NCc3ccccc3)C(=O)N12)C(=O)NCc1ccc(C)cc1. The molecule has 3 aromatic rings. The van der Waals surface area contributed by atoms with Crippen LogP contribution in [0.4, 0.5) is 5.69 Å². The van der Waals surface area contributed by atoms with Gasteiger partial charge in [-0.05, 0) is 43.0 Å². The van der Waals surface area contributed by atoms with Gasteiger partial charge < -0.3 is 10.6 Å². The molecule has 0 unspecified atom stereocenters. The van der Waals surface area contributed by atoms with Gasteiger partial charge in [-0.25, -0.2) is 9.89 Å². The highest BCUT2D eigenvalue weighted by atomic mass is 32.2. The molecule has 0 radical (unpaired) electrons. The Morgan fingerprint density at radius 3 is 2.37 bits per heavy atom. The van der Waals surface area contributed by atoms with E-state index in [0.717, 1.165) is 22.3 Å². The summed E-state index contributed by atoms with van der Waals surface area (Å²) in [4.78, 5) is 50.4. The van der Waals surface area contributed by atoms with Crippen molar-refractivity contribution in [2.75, 3.05) is 0 Å². The first kappa shape index (κ1) is 28.3. The van der Waals surface area contributed by atoms with Crippen LogP contribution in [0.15, 0.2) is 88.8 Å². The molecular formula is C32H33N5O3S. The van der Waals surface area contributed by atoms with Gasteiger partial charge in [-0.15, -0.1) is 0 Å². The maximum absolute atomic E-state index is 13.6. The molecule has 0 saturated heterocycles. The molecule has 2 heterocycles. The number of amides is 3. The Kier molecular flexibility index (Phi) is 8.94. The highest BCUT2D eigenvalue weighted by molar-refractivity contribution is 8.15. The summed E-state index contributed by atoms with van der Waals surface area (Å²) in [5.41, 5.74) is 4.66. The third-order valence-corrected chi connectivity index (χ3v) is 8.34. The number of hydrogen-bond donors (Lipinski definition) is 2. The van der Waals surface area contributed by atoms with Gasteiger partial charge in [0.2, 0.25) is 11.8 Å². The molecule has 210 valence electrons. The largest absolute Gasteiger partial charge is 0.352 e. The molecule has 2 N–H and O–H groups in total. The first-order valence-electron chi connectivity index (χ1n) is 13.8. The van der Waals surface area contributed by atoms with E-state index >= 15 is 0 Å². The average molecular weight is 568 g/mol. The smallest absolute Gasteiger partial charge is 0.259 e. The van der Waals surface area contributed by atoms with Crippen LogP contribution in [0.5, 0.6) is 0 Å². The van der Waals surface area contributed by atoms with Crippen LogP contribution in [0.3, 0.4) is 0 Å². The van der Waals surface area contributed by atoms with Gasteiger partial charge in [0, 0.05) is 25.1 Å². The van der Waals surface area contributed by atoms with Crippen molar-refractivity contribution in [3.8, 4) is 0 Å². The second-order valence-corrected chi connectivity index (χ2v) is 11.2. The van der Waals surface area contributed by atoms with E-state index in [2.05, 4.69) is 10.6 Å². The van der Waals surface area contributed by atoms with Crippen LogP contribution < -0.4 is 10.6 Å². The quantitative estimate of drug-likeness (QED) is 0.365. The standard InChI is InChI=1S/C32H33N5O3S/c1-3-27(30(39)34-20-23-15-13-21(2)14-16-23)41-32-36-25-12-8-7-11-24(25)29-35-26(31(40)37(29)32)17-18-28(38)33-19-22-9-5-4-6-10-22/h4-16,26-27H,3,17-20H2,1-2H3,(H,33,38)(H,34,39)/t26-,27-/m1/s1. The van der Waals surface area contributed by atoms with Gasteiger partial charge in [0.15, 0.2) is 5.17 Å². The van der Waals surface area contributed by atoms with Crippen LogP contribution in [0.1, 0.15) is 48.4 Å². The summed E-state index contributed by atoms with van der Waals surface area (Å²) >= 11 is 1.27. The number of para-hydroxylation sites is 1. The second kappa shape index (κ2) is 13.0. The van der Waals surface area contributed by atoms with Crippen molar-refractivity contribution in [3.63, 3.8) is 0 Å². The fraction of sp³-hybridized carbons (Fsp3) is 0.281. The fourth-order valence-electron chi connectivity index (χ4n) is 4.68. The number of carbonyl (C=O) groups excluding carboxylic acids is 3. The summed E-state index contributed by atoms with van der Waals surface area (Å²) in [7, 11) is 0. The Morgan fingerprint density at radius 1 is 0.927 bits per heavy atom. The monoisotopic (exact) mass is 567 g/mol. The molecule has 3 aromatic carbocycles. The molecule has 2 atom stereocenters. The molecule has 0 saturated carbocycles.